The van der Waals surface area contributed by atoms with Gasteiger partial charge in [-0.1, -0.05) is 17.7 Å². The number of nitrogens with one attached hydrogen (secondary N) is 1. The zero-order valence-electron chi connectivity index (χ0n) is 9.65. The second-order valence-electron chi connectivity index (χ2n) is 4.27. The second-order valence-corrected chi connectivity index (χ2v) is 4.27. The van der Waals surface area contributed by atoms with Crippen LogP contribution in [0.25, 0.3) is 0 Å². The average molecular weight is 232 g/mol. The van der Waals surface area contributed by atoms with Crippen molar-refractivity contribution in [3.8, 4) is 0 Å². The van der Waals surface area contributed by atoms with Gasteiger partial charge in [0.15, 0.2) is 0 Å². The van der Waals surface area contributed by atoms with Crippen LogP contribution in [-0.4, -0.2) is 16.2 Å². The lowest BCUT2D eigenvalue weighted by Gasteiger charge is -2.12. The SMILES string of the molecule is O=C(O)Nc1ccc(CC2=CCCCC2)cn1. The van der Waals surface area contributed by atoms with Crippen LogP contribution in [0.1, 0.15) is 31.2 Å². The third-order valence-electron chi connectivity index (χ3n) is 2.88. The fourth-order valence-corrected chi connectivity index (χ4v) is 2.04. The Morgan fingerprint density at radius 1 is 1.41 bits per heavy atom. The average Bonchev–Trinajstić information content (AvgIpc) is 2.32. The van der Waals surface area contributed by atoms with Crippen molar-refractivity contribution in [3.05, 3.63) is 35.5 Å². The van der Waals surface area contributed by atoms with Crippen molar-refractivity contribution in [2.45, 2.75) is 32.1 Å². The number of hydrogen-bond acceptors (Lipinski definition) is 2. The lowest BCUT2D eigenvalue weighted by molar-refractivity contribution is 0.209. The summed E-state index contributed by atoms with van der Waals surface area (Å²) in [5, 5.41) is 10.8. The number of amides is 1. The minimum Gasteiger partial charge on any atom is -0.465 e. The van der Waals surface area contributed by atoms with Crippen molar-refractivity contribution in [2.75, 3.05) is 5.32 Å². The lowest BCUT2D eigenvalue weighted by Crippen LogP contribution is -2.08. The van der Waals surface area contributed by atoms with Gasteiger partial charge in [-0.25, -0.2) is 9.78 Å². The molecular formula is C13H16N2O2. The molecule has 0 saturated carbocycles. The summed E-state index contributed by atoms with van der Waals surface area (Å²) >= 11 is 0. The Morgan fingerprint density at radius 3 is 2.88 bits per heavy atom. The third-order valence-corrected chi connectivity index (χ3v) is 2.88. The number of carbonyl (C=O) groups is 1. The molecule has 17 heavy (non-hydrogen) atoms. The smallest absolute Gasteiger partial charge is 0.410 e. The van der Waals surface area contributed by atoms with Gasteiger partial charge < -0.3 is 5.11 Å². The standard InChI is InChI=1S/C13H16N2O2/c16-13(17)15-12-7-6-11(9-14-12)8-10-4-2-1-3-5-10/h4,6-7,9H,1-3,5,8H2,(H,14,15)(H,16,17). The maximum absolute atomic E-state index is 10.4. The molecule has 2 N–H and O–H groups in total. The van der Waals surface area contributed by atoms with Crippen LogP contribution >= 0.6 is 0 Å². The van der Waals surface area contributed by atoms with Crippen LogP contribution in [0.15, 0.2) is 30.0 Å². The van der Waals surface area contributed by atoms with Crippen molar-refractivity contribution >= 4 is 11.9 Å². The summed E-state index contributed by atoms with van der Waals surface area (Å²) < 4.78 is 0. The number of nitrogens with zero attached hydrogens (tertiary/aromatic N) is 1. The quantitative estimate of drug-likeness (QED) is 0.786. The van der Waals surface area contributed by atoms with E-state index in [0.717, 1.165) is 12.0 Å². The van der Waals surface area contributed by atoms with E-state index in [0.29, 0.717) is 5.82 Å². The number of carboxylic acid groups (broad SMARTS) is 1. The summed E-state index contributed by atoms with van der Waals surface area (Å²) in [6.45, 7) is 0. The molecule has 1 aromatic heterocycles. The Hall–Kier alpha value is -1.84. The molecule has 1 aliphatic rings. The molecule has 0 bridgehead atoms. The van der Waals surface area contributed by atoms with E-state index in [1.54, 1.807) is 12.3 Å². The molecule has 90 valence electrons. The van der Waals surface area contributed by atoms with E-state index in [2.05, 4.69) is 16.4 Å². The highest BCUT2D eigenvalue weighted by Gasteiger charge is 2.05. The highest BCUT2D eigenvalue weighted by molar-refractivity contribution is 5.81. The van der Waals surface area contributed by atoms with Crippen LogP contribution in [0.5, 0.6) is 0 Å². The van der Waals surface area contributed by atoms with Gasteiger partial charge in [-0.05, 0) is 43.7 Å². The third kappa shape index (κ3) is 3.59. The van der Waals surface area contributed by atoms with Crippen molar-refractivity contribution in [3.63, 3.8) is 0 Å². The number of aromatic nitrogens is 1. The fraction of sp³-hybridized carbons (Fsp3) is 0.385. The zero-order valence-corrected chi connectivity index (χ0v) is 9.65. The minimum absolute atomic E-state index is 0.374. The van der Waals surface area contributed by atoms with Gasteiger partial charge in [-0.2, -0.15) is 0 Å². The summed E-state index contributed by atoms with van der Waals surface area (Å²) in [6, 6.07) is 3.63. The Labute approximate surface area is 100 Å². The first-order valence-corrected chi connectivity index (χ1v) is 5.87. The molecule has 0 aliphatic heterocycles. The Kier molecular flexibility index (Phi) is 3.75. The van der Waals surface area contributed by atoms with E-state index in [1.165, 1.54) is 31.3 Å². The van der Waals surface area contributed by atoms with Crippen LogP contribution in [-0.2, 0) is 6.42 Å². The number of anilines is 1. The molecule has 0 spiro atoms. The number of rotatable bonds is 3. The van der Waals surface area contributed by atoms with Crippen LogP contribution in [0.2, 0.25) is 0 Å². The van der Waals surface area contributed by atoms with E-state index >= 15 is 0 Å². The van der Waals surface area contributed by atoms with Crippen LogP contribution in [0.3, 0.4) is 0 Å². The molecule has 4 heteroatoms. The largest absolute Gasteiger partial charge is 0.465 e. The molecule has 1 aliphatic carbocycles. The minimum atomic E-state index is -1.08. The van der Waals surface area contributed by atoms with Crippen molar-refractivity contribution < 1.29 is 9.90 Å². The summed E-state index contributed by atoms with van der Waals surface area (Å²) in [4.78, 5) is 14.5. The van der Waals surface area contributed by atoms with Gasteiger partial charge in [0, 0.05) is 6.20 Å². The zero-order chi connectivity index (χ0) is 12.1. The van der Waals surface area contributed by atoms with Gasteiger partial charge in [-0.15, -0.1) is 0 Å². The van der Waals surface area contributed by atoms with Crippen molar-refractivity contribution in [1.29, 1.82) is 0 Å². The fourth-order valence-electron chi connectivity index (χ4n) is 2.04. The Balaban J connectivity index is 1.97. The normalized spacial score (nSPS) is 15.2. The molecule has 0 atom stereocenters. The van der Waals surface area contributed by atoms with Crippen LogP contribution in [0, 0.1) is 0 Å². The summed E-state index contributed by atoms with van der Waals surface area (Å²) in [7, 11) is 0. The second kappa shape index (κ2) is 5.48. The predicted octanol–water partition coefficient (Wildman–Crippen LogP) is 3.21. The Morgan fingerprint density at radius 2 is 2.29 bits per heavy atom. The summed E-state index contributed by atoms with van der Waals surface area (Å²) in [6.07, 6.45) is 8.83. The topological polar surface area (TPSA) is 62.2 Å². The molecule has 0 unspecified atom stereocenters. The van der Waals surface area contributed by atoms with E-state index < -0.39 is 6.09 Å². The van der Waals surface area contributed by atoms with Gasteiger partial charge in [-0.3, -0.25) is 5.32 Å². The van der Waals surface area contributed by atoms with E-state index in [4.69, 9.17) is 5.11 Å². The molecule has 4 nitrogen and oxygen atoms in total. The lowest BCUT2D eigenvalue weighted by atomic mass is 9.95. The maximum Gasteiger partial charge on any atom is 0.410 e. The van der Waals surface area contributed by atoms with Gasteiger partial charge in [0.1, 0.15) is 5.82 Å². The summed E-state index contributed by atoms with van der Waals surface area (Å²) in [5.74, 6) is 0.374. The first-order valence-electron chi connectivity index (χ1n) is 5.87. The molecular weight excluding hydrogens is 216 g/mol. The maximum atomic E-state index is 10.4. The molecule has 0 saturated heterocycles. The van der Waals surface area contributed by atoms with E-state index in [1.807, 2.05) is 6.07 Å². The number of pyridine rings is 1. The molecule has 1 amide bonds. The summed E-state index contributed by atoms with van der Waals surface area (Å²) in [5.41, 5.74) is 2.60. The number of hydrogen-bond donors (Lipinski definition) is 2. The van der Waals surface area contributed by atoms with Crippen LogP contribution < -0.4 is 5.32 Å². The highest BCUT2D eigenvalue weighted by Crippen LogP contribution is 2.21. The monoisotopic (exact) mass is 232 g/mol. The predicted molar refractivity (Wildman–Crippen MR) is 66.1 cm³/mol. The molecule has 0 fully saturated rings. The van der Waals surface area contributed by atoms with E-state index in [-0.39, 0.29) is 0 Å². The van der Waals surface area contributed by atoms with Crippen molar-refractivity contribution in [1.82, 2.24) is 4.98 Å². The van der Waals surface area contributed by atoms with E-state index in [9.17, 15) is 4.79 Å². The number of allylic oxidation sites excluding steroid dienone is 2. The molecule has 2 rings (SSSR count). The van der Waals surface area contributed by atoms with Gasteiger partial charge in [0.25, 0.3) is 0 Å². The van der Waals surface area contributed by atoms with Gasteiger partial charge in [0.05, 0.1) is 0 Å². The molecule has 1 heterocycles. The van der Waals surface area contributed by atoms with Gasteiger partial charge >= 0.3 is 6.09 Å². The Bertz CT molecular complexity index is 424. The first-order chi connectivity index (χ1) is 8.24. The molecule has 0 aromatic carbocycles. The first kappa shape index (κ1) is 11.6. The highest BCUT2D eigenvalue weighted by atomic mass is 16.4. The molecule has 1 aromatic rings. The molecule has 0 radical (unpaired) electrons. The van der Waals surface area contributed by atoms with Crippen LogP contribution in [0.4, 0.5) is 10.6 Å². The van der Waals surface area contributed by atoms with Gasteiger partial charge in [0.2, 0.25) is 0 Å². The van der Waals surface area contributed by atoms with Crippen molar-refractivity contribution in [2.24, 2.45) is 0 Å².